The molecule has 0 saturated carbocycles. The first-order valence-corrected chi connectivity index (χ1v) is 6.37. The Morgan fingerprint density at radius 3 is 2.68 bits per heavy atom. The van der Waals surface area contributed by atoms with Gasteiger partial charge in [0.25, 0.3) is 5.91 Å². The normalized spacial score (nSPS) is 22.6. The number of amides is 1. The predicted molar refractivity (Wildman–Crippen MR) is 67.2 cm³/mol. The van der Waals surface area contributed by atoms with Gasteiger partial charge in [0.15, 0.2) is 0 Å². The summed E-state index contributed by atoms with van der Waals surface area (Å²) in [4.78, 5) is 24.3. The number of benzene rings is 1. The summed E-state index contributed by atoms with van der Waals surface area (Å²) in [6.07, 6.45) is -0.955. The minimum atomic E-state index is -1.21. The molecule has 1 amide bonds. The van der Waals surface area contributed by atoms with Crippen molar-refractivity contribution in [3.8, 4) is 0 Å². The number of β-amino-alcohol motifs (C(OH)–C–C–N with tert-alkyl or cyclic N) is 1. The molecule has 102 valence electrons. The zero-order valence-corrected chi connectivity index (χ0v) is 11.3. The first-order valence-electron chi connectivity index (χ1n) is 5.57. The number of carbonyl (C=O) groups is 2. The van der Waals surface area contributed by atoms with Crippen LogP contribution in [0.15, 0.2) is 22.7 Å². The zero-order chi connectivity index (χ0) is 14.2. The Labute approximate surface area is 116 Å². The van der Waals surface area contributed by atoms with Gasteiger partial charge in [-0.25, -0.2) is 9.18 Å². The van der Waals surface area contributed by atoms with Crippen LogP contribution >= 0.6 is 15.9 Å². The Hall–Kier alpha value is -1.47. The smallest absolute Gasteiger partial charge is 0.326 e. The van der Waals surface area contributed by atoms with Gasteiger partial charge < -0.3 is 15.1 Å². The van der Waals surface area contributed by atoms with Gasteiger partial charge in [0.2, 0.25) is 0 Å². The molecule has 1 aliphatic heterocycles. The van der Waals surface area contributed by atoms with Crippen molar-refractivity contribution in [3.05, 3.63) is 34.1 Å². The topological polar surface area (TPSA) is 77.8 Å². The number of likely N-dealkylation sites (tertiary alicyclic amines) is 1. The predicted octanol–water partition coefficient (Wildman–Crippen LogP) is 1.25. The third kappa shape index (κ3) is 2.62. The molecule has 0 aromatic heterocycles. The fourth-order valence-electron chi connectivity index (χ4n) is 2.12. The molecule has 1 aromatic rings. The molecule has 1 saturated heterocycles. The molecule has 0 unspecified atom stereocenters. The minimum Gasteiger partial charge on any atom is -0.480 e. The molecule has 1 aromatic carbocycles. The molecule has 19 heavy (non-hydrogen) atoms. The van der Waals surface area contributed by atoms with Crippen molar-refractivity contribution < 1.29 is 24.2 Å². The van der Waals surface area contributed by atoms with Crippen LogP contribution < -0.4 is 0 Å². The number of aliphatic hydroxyl groups is 1. The van der Waals surface area contributed by atoms with Gasteiger partial charge in [-0.05, 0) is 28.1 Å². The first kappa shape index (κ1) is 14.0. The van der Waals surface area contributed by atoms with E-state index in [-0.39, 0.29) is 23.0 Å². The Kier molecular flexibility index (Phi) is 3.86. The van der Waals surface area contributed by atoms with Gasteiger partial charge in [-0.1, -0.05) is 6.07 Å². The number of carboxylic acid groups (broad SMARTS) is 1. The van der Waals surface area contributed by atoms with E-state index in [0.717, 1.165) is 11.0 Å². The van der Waals surface area contributed by atoms with Gasteiger partial charge in [-0.2, -0.15) is 0 Å². The third-order valence-corrected chi connectivity index (χ3v) is 3.66. The summed E-state index contributed by atoms with van der Waals surface area (Å²) in [6, 6.07) is 2.93. The van der Waals surface area contributed by atoms with E-state index in [2.05, 4.69) is 15.9 Å². The number of rotatable bonds is 2. The Morgan fingerprint density at radius 1 is 1.42 bits per heavy atom. The second kappa shape index (κ2) is 5.26. The summed E-state index contributed by atoms with van der Waals surface area (Å²) in [6.45, 7) is -0.115. The third-order valence-electron chi connectivity index (χ3n) is 3.00. The fraction of sp³-hybridized carbons (Fsp3) is 0.333. The molecule has 5 nitrogen and oxygen atoms in total. The Bertz CT molecular complexity index is 516. The second-order valence-corrected chi connectivity index (χ2v) is 5.15. The van der Waals surface area contributed by atoms with Crippen LogP contribution in [0.4, 0.5) is 4.39 Å². The standard InChI is InChI=1S/C12H11BrFNO4/c13-7-2-1-3-8(14)10(7)11(17)15-5-6(16)4-9(15)12(18)19/h1-3,6,9,16H,4-5H2,(H,18,19)/t6-,9-/m1/s1. The molecule has 0 radical (unpaired) electrons. The summed E-state index contributed by atoms with van der Waals surface area (Å²) in [5.41, 5.74) is -0.220. The van der Waals surface area contributed by atoms with Gasteiger partial charge in [-0.15, -0.1) is 0 Å². The molecule has 1 fully saturated rings. The number of hydrogen-bond donors (Lipinski definition) is 2. The van der Waals surface area contributed by atoms with Crippen molar-refractivity contribution in [2.75, 3.05) is 6.54 Å². The molecule has 2 rings (SSSR count). The highest BCUT2D eigenvalue weighted by Crippen LogP contribution is 2.26. The Balaban J connectivity index is 2.36. The highest BCUT2D eigenvalue weighted by molar-refractivity contribution is 9.10. The molecule has 0 aliphatic carbocycles. The summed E-state index contributed by atoms with van der Waals surface area (Å²) < 4.78 is 13.9. The molecule has 2 N–H and O–H groups in total. The quantitative estimate of drug-likeness (QED) is 0.854. The van der Waals surface area contributed by atoms with E-state index in [0.29, 0.717) is 0 Å². The van der Waals surface area contributed by atoms with E-state index < -0.39 is 29.8 Å². The number of carbonyl (C=O) groups excluding carboxylic acids is 1. The van der Waals surface area contributed by atoms with Gasteiger partial charge >= 0.3 is 5.97 Å². The van der Waals surface area contributed by atoms with Crippen molar-refractivity contribution in [1.29, 1.82) is 0 Å². The molecule has 7 heteroatoms. The number of aliphatic carboxylic acids is 1. The SMILES string of the molecule is O=C(O)[C@H]1C[C@@H](O)CN1C(=O)c1c(F)cccc1Br. The van der Waals surface area contributed by atoms with E-state index in [1.165, 1.54) is 12.1 Å². The fourth-order valence-corrected chi connectivity index (χ4v) is 2.63. The number of halogens is 2. The lowest BCUT2D eigenvalue weighted by molar-refractivity contribution is -0.141. The Morgan fingerprint density at radius 2 is 2.11 bits per heavy atom. The van der Waals surface area contributed by atoms with Gasteiger partial charge in [0, 0.05) is 17.4 Å². The van der Waals surface area contributed by atoms with Gasteiger partial charge in [0.1, 0.15) is 11.9 Å². The molecule has 0 spiro atoms. The lowest BCUT2D eigenvalue weighted by atomic mass is 10.1. The largest absolute Gasteiger partial charge is 0.480 e. The van der Waals surface area contributed by atoms with E-state index >= 15 is 0 Å². The van der Waals surface area contributed by atoms with Crippen LogP contribution in [0.1, 0.15) is 16.8 Å². The van der Waals surface area contributed by atoms with E-state index in [1.54, 1.807) is 0 Å². The summed E-state index contributed by atoms with van der Waals surface area (Å²) >= 11 is 3.07. The maximum Gasteiger partial charge on any atom is 0.326 e. The first-order chi connectivity index (χ1) is 8.91. The monoisotopic (exact) mass is 331 g/mol. The highest BCUT2D eigenvalue weighted by atomic mass is 79.9. The van der Waals surface area contributed by atoms with Crippen molar-refractivity contribution >= 4 is 27.8 Å². The van der Waals surface area contributed by atoms with Crippen LogP contribution in [0, 0.1) is 5.82 Å². The van der Waals surface area contributed by atoms with Crippen molar-refractivity contribution in [2.24, 2.45) is 0 Å². The van der Waals surface area contributed by atoms with Crippen LogP contribution in [0.5, 0.6) is 0 Å². The molecular weight excluding hydrogens is 321 g/mol. The average Bonchev–Trinajstić information content (AvgIpc) is 2.71. The number of nitrogens with zero attached hydrogens (tertiary/aromatic N) is 1. The maximum absolute atomic E-state index is 13.7. The van der Waals surface area contributed by atoms with Crippen LogP contribution in [0.25, 0.3) is 0 Å². The minimum absolute atomic E-state index is 0.0485. The van der Waals surface area contributed by atoms with Crippen LogP contribution in [0.3, 0.4) is 0 Å². The van der Waals surface area contributed by atoms with Crippen LogP contribution in [-0.4, -0.2) is 45.7 Å². The number of hydrogen-bond acceptors (Lipinski definition) is 3. The van der Waals surface area contributed by atoms with Gasteiger partial charge in [0.05, 0.1) is 11.7 Å². The molecule has 1 heterocycles. The molecule has 1 aliphatic rings. The summed E-state index contributed by atoms with van der Waals surface area (Å²) in [7, 11) is 0. The highest BCUT2D eigenvalue weighted by Gasteiger charge is 2.40. The second-order valence-electron chi connectivity index (χ2n) is 4.30. The van der Waals surface area contributed by atoms with E-state index in [1.807, 2.05) is 0 Å². The maximum atomic E-state index is 13.7. The van der Waals surface area contributed by atoms with Crippen molar-refractivity contribution in [2.45, 2.75) is 18.6 Å². The average molecular weight is 332 g/mol. The zero-order valence-electron chi connectivity index (χ0n) is 9.72. The van der Waals surface area contributed by atoms with E-state index in [4.69, 9.17) is 5.11 Å². The lowest BCUT2D eigenvalue weighted by Crippen LogP contribution is -2.41. The summed E-state index contributed by atoms with van der Waals surface area (Å²) in [5.74, 6) is -2.68. The van der Waals surface area contributed by atoms with Gasteiger partial charge in [-0.3, -0.25) is 4.79 Å². The van der Waals surface area contributed by atoms with Crippen LogP contribution in [0.2, 0.25) is 0 Å². The van der Waals surface area contributed by atoms with Crippen molar-refractivity contribution in [1.82, 2.24) is 4.90 Å². The molecular formula is C12H11BrFNO4. The van der Waals surface area contributed by atoms with Crippen molar-refractivity contribution in [3.63, 3.8) is 0 Å². The number of carboxylic acids is 1. The molecule has 2 atom stereocenters. The number of aliphatic hydroxyl groups excluding tert-OH is 1. The van der Waals surface area contributed by atoms with E-state index in [9.17, 15) is 19.1 Å². The summed E-state index contributed by atoms with van der Waals surface area (Å²) in [5, 5.41) is 18.5. The van der Waals surface area contributed by atoms with Crippen LogP contribution in [-0.2, 0) is 4.79 Å². The molecule has 0 bridgehead atoms. The lowest BCUT2D eigenvalue weighted by Gasteiger charge is -2.21.